The number of carbonyl (C=O) groups is 3. The third-order valence-corrected chi connectivity index (χ3v) is 4.84. The van der Waals surface area contributed by atoms with Crippen molar-refractivity contribution in [1.29, 1.82) is 0 Å². The number of aromatic amines is 1. The Morgan fingerprint density at radius 3 is 2.60 bits per heavy atom. The number of fused-ring (bicyclic) bond motifs is 1. The molecule has 0 radical (unpaired) electrons. The molecule has 1 unspecified atom stereocenters. The zero-order valence-electron chi connectivity index (χ0n) is 13.7. The van der Waals surface area contributed by atoms with Gasteiger partial charge in [0.05, 0.1) is 17.4 Å². The zero-order valence-corrected chi connectivity index (χ0v) is 13.7. The number of benzene rings is 1. The largest absolute Gasteiger partial charge is 0.345 e. The summed E-state index contributed by atoms with van der Waals surface area (Å²) in [6.45, 7) is 1.96. The molecule has 2 aromatic rings. The summed E-state index contributed by atoms with van der Waals surface area (Å²) in [5.74, 6) is -0.157. The molecule has 3 amide bonds. The van der Waals surface area contributed by atoms with Crippen LogP contribution >= 0.6 is 0 Å². The fraction of sp³-hybridized carbons (Fsp3) is 0.412. The lowest BCUT2D eigenvalue weighted by Gasteiger charge is -2.36. The molecule has 0 spiro atoms. The van der Waals surface area contributed by atoms with Crippen LogP contribution in [-0.4, -0.2) is 69.7 Å². The van der Waals surface area contributed by atoms with Gasteiger partial charge in [-0.25, -0.2) is 4.98 Å². The molecule has 3 heterocycles. The SMILES string of the molecule is O=C1CCC(C(=O)N2CCN(C(=O)c3ccc4nc[nH]c4c3)CC2)N1. The van der Waals surface area contributed by atoms with Gasteiger partial charge in [-0.15, -0.1) is 0 Å². The summed E-state index contributed by atoms with van der Waals surface area (Å²) < 4.78 is 0. The molecule has 2 N–H and O–H groups in total. The van der Waals surface area contributed by atoms with E-state index in [9.17, 15) is 14.4 Å². The van der Waals surface area contributed by atoms with Crippen molar-refractivity contribution in [2.24, 2.45) is 0 Å². The van der Waals surface area contributed by atoms with Crippen LogP contribution in [0.5, 0.6) is 0 Å². The fourth-order valence-corrected chi connectivity index (χ4v) is 3.40. The molecule has 4 rings (SSSR count). The molecule has 0 aliphatic carbocycles. The first kappa shape index (κ1) is 15.6. The van der Waals surface area contributed by atoms with Crippen molar-refractivity contribution in [3.8, 4) is 0 Å². The third-order valence-electron chi connectivity index (χ3n) is 4.84. The van der Waals surface area contributed by atoms with Crippen LogP contribution in [0.25, 0.3) is 11.0 Å². The molecular formula is C17H19N5O3. The minimum atomic E-state index is -0.405. The van der Waals surface area contributed by atoms with Crippen LogP contribution in [0, 0.1) is 0 Å². The highest BCUT2D eigenvalue weighted by atomic mass is 16.2. The minimum Gasteiger partial charge on any atom is -0.345 e. The summed E-state index contributed by atoms with van der Waals surface area (Å²) >= 11 is 0. The maximum atomic E-state index is 12.7. The van der Waals surface area contributed by atoms with Gasteiger partial charge in [-0.3, -0.25) is 14.4 Å². The van der Waals surface area contributed by atoms with Crippen LogP contribution in [0.3, 0.4) is 0 Å². The fourth-order valence-electron chi connectivity index (χ4n) is 3.40. The van der Waals surface area contributed by atoms with Crippen molar-refractivity contribution < 1.29 is 14.4 Å². The maximum Gasteiger partial charge on any atom is 0.254 e. The van der Waals surface area contributed by atoms with Crippen molar-refractivity contribution in [2.75, 3.05) is 26.2 Å². The molecule has 2 aliphatic rings. The van der Waals surface area contributed by atoms with Crippen LogP contribution in [-0.2, 0) is 9.59 Å². The second-order valence-electron chi connectivity index (χ2n) is 6.41. The molecular weight excluding hydrogens is 322 g/mol. The van der Waals surface area contributed by atoms with E-state index in [1.54, 1.807) is 28.3 Å². The zero-order chi connectivity index (χ0) is 17.4. The van der Waals surface area contributed by atoms with Gasteiger partial charge in [-0.2, -0.15) is 0 Å². The number of nitrogens with zero attached hydrogens (tertiary/aromatic N) is 3. The van der Waals surface area contributed by atoms with Gasteiger partial charge in [0.1, 0.15) is 6.04 Å². The number of piperazine rings is 1. The summed E-state index contributed by atoms with van der Waals surface area (Å²) in [6.07, 6.45) is 2.57. The summed E-state index contributed by atoms with van der Waals surface area (Å²) in [5.41, 5.74) is 2.27. The van der Waals surface area contributed by atoms with Gasteiger partial charge in [0.15, 0.2) is 0 Å². The lowest BCUT2D eigenvalue weighted by molar-refractivity contribution is -0.135. The highest BCUT2D eigenvalue weighted by Gasteiger charge is 2.33. The van der Waals surface area contributed by atoms with Gasteiger partial charge >= 0.3 is 0 Å². The van der Waals surface area contributed by atoms with E-state index in [0.29, 0.717) is 44.6 Å². The Hall–Kier alpha value is -2.90. The molecule has 2 saturated heterocycles. The van der Waals surface area contributed by atoms with E-state index in [1.165, 1.54) is 0 Å². The summed E-state index contributed by atoms with van der Waals surface area (Å²) in [6, 6.07) is 4.99. The van der Waals surface area contributed by atoms with Gasteiger partial charge in [0.25, 0.3) is 5.91 Å². The van der Waals surface area contributed by atoms with Gasteiger partial charge in [-0.05, 0) is 24.6 Å². The minimum absolute atomic E-state index is 0.0437. The number of aromatic nitrogens is 2. The van der Waals surface area contributed by atoms with Crippen LogP contribution in [0.1, 0.15) is 23.2 Å². The van der Waals surface area contributed by atoms with Crippen LogP contribution in [0.4, 0.5) is 0 Å². The van der Waals surface area contributed by atoms with E-state index in [2.05, 4.69) is 15.3 Å². The number of nitrogens with one attached hydrogen (secondary N) is 2. The Balaban J connectivity index is 1.38. The number of H-pyrrole nitrogens is 1. The van der Waals surface area contributed by atoms with E-state index in [1.807, 2.05) is 6.07 Å². The van der Waals surface area contributed by atoms with E-state index in [4.69, 9.17) is 0 Å². The number of amides is 3. The molecule has 1 atom stereocenters. The Kier molecular flexibility index (Phi) is 3.87. The van der Waals surface area contributed by atoms with Crippen LogP contribution in [0.15, 0.2) is 24.5 Å². The van der Waals surface area contributed by atoms with Crippen molar-refractivity contribution in [3.63, 3.8) is 0 Å². The number of hydrogen-bond acceptors (Lipinski definition) is 4. The number of imidazole rings is 1. The first-order valence-corrected chi connectivity index (χ1v) is 8.42. The lowest BCUT2D eigenvalue weighted by atomic mass is 10.1. The first-order chi connectivity index (χ1) is 12.1. The summed E-state index contributed by atoms with van der Waals surface area (Å²) in [4.78, 5) is 47.0. The second-order valence-corrected chi connectivity index (χ2v) is 6.41. The maximum absolute atomic E-state index is 12.7. The third kappa shape index (κ3) is 2.95. The van der Waals surface area contributed by atoms with Gasteiger partial charge in [-0.1, -0.05) is 0 Å². The van der Waals surface area contributed by atoms with Crippen molar-refractivity contribution in [1.82, 2.24) is 25.1 Å². The smallest absolute Gasteiger partial charge is 0.254 e. The standard InChI is InChI=1S/C17H19N5O3/c23-15-4-3-13(20-15)17(25)22-7-5-21(6-8-22)16(24)11-1-2-12-14(9-11)19-10-18-12/h1-2,9-10,13H,3-8H2,(H,18,19)(H,20,23). The molecule has 8 nitrogen and oxygen atoms in total. The molecule has 0 saturated carbocycles. The molecule has 130 valence electrons. The number of hydrogen-bond donors (Lipinski definition) is 2. The Bertz CT molecular complexity index is 838. The predicted octanol–water partition coefficient (Wildman–Crippen LogP) is 0.126. The Labute approximate surface area is 144 Å². The first-order valence-electron chi connectivity index (χ1n) is 8.42. The predicted molar refractivity (Wildman–Crippen MR) is 89.7 cm³/mol. The molecule has 1 aromatic heterocycles. The van der Waals surface area contributed by atoms with Crippen LogP contribution < -0.4 is 5.32 Å². The van der Waals surface area contributed by atoms with Crippen LogP contribution in [0.2, 0.25) is 0 Å². The average Bonchev–Trinajstić information content (AvgIpc) is 3.28. The number of carbonyl (C=O) groups excluding carboxylic acids is 3. The highest BCUT2D eigenvalue weighted by Crippen LogP contribution is 2.16. The molecule has 25 heavy (non-hydrogen) atoms. The molecule has 1 aromatic carbocycles. The molecule has 2 aliphatic heterocycles. The number of rotatable bonds is 2. The lowest BCUT2D eigenvalue weighted by Crippen LogP contribution is -2.54. The van der Waals surface area contributed by atoms with Gasteiger partial charge in [0.2, 0.25) is 11.8 Å². The normalized spacial score (nSPS) is 20.8. The molecule has 0 bridgehead atoms. The van der Waals surface area contributed by atoms with E-state index in [-0.39, 0.29) is 17.7 Å². The summed E-state index contributed by atoms with van der Waals surface area (Å²) in [7, 11) is 0. The van der Waals surface area contributed by atoms with E-state index in [0.717, 1.165) is 11.0 Å². The van der Waals surface area contributed by atoms with E-state index >= 15 is 0 Å². The van der Waals surface area contributed by atoms with Gasteiger partial charge in [0, 0.05) is 38.2 Å². The van der Waals surface area contributed by atoms with Crippen molar-refractivity contribution in [2.45, 2.75) is 18.9 Å². The van der Waals surface area contributed by atoms with Gasteiger partial charge < -0.3 is 20.1 Å². The average molecular weight is 341 g/mol. The monoisotopic (exact) mass is 341 g/mol. The van der Waals surface area contributed by atoms with E-state index < -0.39 is 6.04 Å². The Morgan fingerprint density at radius 1 is 1.12 bits per heavy atom. The Morgan fingerprint density at radius 2 is 1.88 bits per heavy atom. The summed E-state index contributed by atoms with van der Waals surface area (Å²) in [5, 5.41) is 2.71. The molecule has 2 fully saturated rings. The quantitative estimate of drug-likeness (QED) is 0.811. The van der Waals surface area contributed by atoms with Crippen molar-refractivity contribution in [3.05, 3.63) is 30.1 Å². The second kappa shape index (κ2) is 6.19. The highest BCUT2D eigenvalue weighted by molar-refractivity contribution is 5.97. The van der Waals surface area contributed by atoms with Crippen molar-refractivity contribution >= 4 is 28.8 Å². The topological polar surface area (TPSA) is 98.4 Å². The molecule has 8 heteroatoms.